The minimum Gasteiger partial charge on any atom is -0.333 e. The van der Waals surface area contributed by atoms with Crippen LogP contribution in [0, 0.1) is 5.92 Å². The zero-order chi connectivity index (χ0) is 13.2. The number of hydrogen-bond donors (Lipinski definition) is 1. The van der Waals surface area contributed by atoms with E-state index in [-0.39, 0.29) is 11.4 Å². The molecule has 0 radical (unpaired) electrons. The van der Waals surface area contributed by atoms with E-state index in [4.69, 9.17) is 0 Å². The van der Waals surface area contributed by atoms with Crippen molar-refractivity contribution in [2.24, 2.45) is 5.92 Å². The van der Waals surface area contributed by atoms with E-state index < -0.39 is 0 Å². The van der Waals surface area contributed by atoms with Crippen molar-refractivity contribution in [2.45, 2.75) is 32.4 Å². The van der Waals surface area contributed by atoms with Crippen LogP contribution in [0.5, 0.6) is 0 Å². The molecule has 2 rings (SSSR count). The average Bonchev–Trinajstić information content (AvgIpc) is 2.55. The topological polar surface area (TPSA) is 45.2 Å². The minimum atomic E-state index is -0.0939. The van der Waals surface area contributed by atoms with E-state index in [0.29, 0.717) is 18.9 Å². The quantitative estimate of drug-likeness (QED) is 0.875. The Bertz CT molecular complexity index is 416. The van der Waals surface area contributed by atoms with Crippen molar-refractivity contribution in [1.29, 1.82) is 0 Å². The molecule has 1 N–H and O–H groups in total. The van der Waals surface area contributed by atoms with Gasteiger partial charge in [-0.1, -0.05) is 0 Å². The van der Waals surface area contributed by atoms with Crippen molar-refractivity contribution >= 4 is 5.91 Å². The predicted octanol–water partition coefficient (Wildman–Crippen LogP) is 1.43. The molecule has 0 aliphatic carbocycles. The Morgan fingerprint density at radius 3 is 2.72 bits per heavy atom. The first-order chi connectivity index (χ1) is 8.55. The lowest BCUT2D eigenvalue weighted by Gasteiger charge is -2.36. The van der Waals surface area contributed by atoms with E-state index in [9.17, 15) is 4.79 Å². The van der Waals surface area contributed by atoms with Gasteiger partial charge in [-0.2, -0.15) is 0 Å². The summed E-state index contributed by atoms with van der Waals surface area (Å²) in [6.45, 7) is 5.86. The Balaban J connectivity index is 2.15. The van der Waals surface area contributed by atoms with Gasteiger partial charge in [-0.3, -0.25) is 9.78 Å². The van der Waals surface area contributed by atoms with Crippen LogP contribution in [0.1, 0.15) is 25.8 Å². The lowest BCUT2D eigenvalue weighted by molar-refractivity contribution is -0.131. The molecule has 0 aromatic carbocycles. The van der Waals surface area contributed by atoms with Crippen molar-refractivity contribution < 1.29 is 4.79 Å². The molecule has 2 heterocycles. The second-order valence-electron chi connectivity index (χ2n) is 5.45. The molecule has 1 atom stereocenters. The Morgan fingerprint density at radius 1 is 1.44 bits per heavy atom. The lowest BCUT2D eigenvalue weighted by Crippen LogP contribution is -2.45. The van der Waals surface area contributed by atoms with E-state index in [1.165, 1.54) is 0 Å². The van der Waals surface area contributed by atoms with Gasteiger partial charge in [-0.05, 0) is 38.6 Å². The number of rotatable bonds is 4. The van der Waals surface area contributed by atoms with Gasteiger partial charge in [0.2, 0.25) is 5.91 Å². The van der Waals surface area contributed by atoms with Gasteiger partial charge in [0, 0.05) is 43.4 Å². The second-order valence-corrected chi connectivity index (χ2v) is 5.45. The largest absolute Gasteiger partial charge is 0.333 e. The van der Waals surface area contributed by atoms with Crippen LogP contribution in [0.2, 0.25) is 0 Å². The summed E-state index contributed by atoms with van der Waals surface area (Å²) in [6.07, 6.45) is 4.18. The molecule has 0 saturated carbocycles. The number of carbonyl (C=O) groups is 1. The zero-order valence-corrected chi connectivity index (χ0v) is 11.3. The van der Waals surface area contributed by atoms with Crippen LogP contribution in [-0.2, 0) is 11.3 Å². The van der Waals surface area contributed by atoms with Crippen molar-refractivity contribution in [3.8, 4) is 0 Å². The smallest absolute Gasteiger partial charge is 0.223 e. The molecule has 1 aromatic heterocycles. The summed E-state index contributed by atoms with van der Waals surface area (Å²) >= 11 is 0. The van der Waals surface area contributed by atoms with E-state index >= 15 is 0 Å². The monoisotopic (exact) mass is 247 g/mol. The summed E-state index contributed by atoms with van der Waals surface area (Å²) in [5, 5.41) is 3.18. The number of pyridine rings is 1. The van der Waals surface area contributed by atoms with Crippen molar-refractivity contribution in [2.75, 3.05) is 13.6 Å². The third kappa shape index (κ3) is 2.38. The third-order valence-corrected chi connectivity index (χ3v) is 3.96. The fourth-order valence-electron chi connectivity index (χ4n) is 2.64. The summed E-state index contributed by atoms with van der Waals surface area (Å²) in [6, 6.07) is 3.93. The second kappa shape index (κ2) is 5.06. The van der Waals surface area contributed by atoms with Gasteiger partial charge in [0.15, 0.2) is 0 Å². The Kier molecular flexibility index (Phi) is 3.66. The Hall–Kier alpha value is -1.42. The number of aromatic nitrogens is 1. The summed E-state index contributed by atoms with van der Waals surface area (Å²) in [5.74, 6) is 0.619. The number of amides is 1. The highest BCUT2D eigenvalue weighted by Gasteiger charge is 2.45. The van der Waals surface area contributed by atoms with Crippen LogP contribution < -0.4 is 5.32 Å². The van der Waals surface area contributed by atoms with Crippen LogP contribution in [0.4, 0.5) is 0 Å². The molecule has 1 aliphatic heterocycles. The van der Waals surface area contributed by atoms with Crippen LogP contribution in [0.25, 0.3) is 0 Å². The number of nitrogens with one attached hydrogen (secondary N) is 1. The van der Waals surface area contributed by atoms with Gasteiger partial charge in [-0.25, -0.2) is 0 Å². The lowest BCUT2D eigenvalue weighted by atomic mass is 9.88. The summed E-state index contributed by atoms with van der Waals surface area (Å²) in [7, 11) is 1.94. The maximum atomic E-state index is 12.2. The maximum absolute atomic E-state index is 12.2. The van der Waals surface area contributed by atoms with Gasteiger partial charge in [-0.15, -0.1) is 0 Å². The van der Waals surface area contributed by atoms with Gasteiger partial charge in [0.1, 0.15) is 0 Å². The summed E-state index contributed by atoms with van der Waals surface area (Å²) in [5.41, 5.74) is 1.04. The van der Waals surface area contributed by atoms with Crippen molar-refractivity contribution in [3.05, 3.63) is 30.1 Å². The fraction of sp³-hybridized carbons (Fsp3) is 0.571. The number of carbonyl (C=O) groups excluding carboxylic acids is 1. The minimum absolute atomic E-state index is 0.0939. The number of likely N-dealkylation sites (tertiary alicyclic amines) is 1. The molecule has 1 amide bonds. The summed E-state index contributed by atoms with van der Waals surface area (Å²) in [4.78, 5) is 18.2. The molecular formula is C14H21N3O. The van der Waals surface area contributed by atoms with Crippen LogP contribution >= 0.6 is 0 Å². The molecule has 18 heavy (non-hydrogen) atoms. The fourth-order valence-corrected chi connectivity index (χ4v) is 2.64. The average molecular weight is 247 g/mol. The molecule has 4 heteroatoms. The SMILES string of the molecule is CNCC1CC(=O)N(Cc2ccncc2)C1(C)C. The maximum Gasteiger partial charge on any atom is 0.223 e. The van der Waals surface area contributed by atoms with Gasteiger partial charge < -0.3 is 10.2 Å². The Labute approximate surface area is 108 Å². The van der Waals surface area contributed by atoms with Crippen LogP contribution in [0.3, 0.4) is 0 Å². The third-order valence-electron chi connectivity index (χ3n) is 3.96. The highest BCUT2D eigenvalue weighted by atomic mass is 16.2. The predicted molar refractivity (Wildman–Crippen MR) is 70.9 cm³/mol. The molecule has 1 unspecified atom stereocenters. The highest BCUT2D eigenvalue weighted by molar-refractivity contribution is 5.80. The highest BCUT2D eigenvalue weighted by Crippen LogP contribution is 2.36. The van der Waals surface area contributed by atoms with Crippen molar-refractivity contribution in [1.82, 2.24) is 15.2 Å². The molecule has 1 fully saturated rings. The normalized spacial score (nSPS) is 22.5. The van der Waals surface area contributed by atoms with E-state index in [1.54, 1.807) is 12.4 Å². The van der Waals surface area contributed by atoms with Gasteiger partial charge in [0.05, 0.1) is 0 Å². The summed E-state index contributed by atoms with van der Waals surface area (Å²) < 4.78 is 0. The molecular weight excluding hydrogens is 226 g/mol. The number of hydrogen-bond acceptors (Lipinski definition) is 3. The van der Waals surface area contributed by atoms with Gasteiger partial charge in [0.25, 0.3) is 0 Å². The number of nitrogens with zero attached hydrogens (tertiary/aromatic N) is 2. The first kappa shape index (κ1) is 13.0. The molecule has 0 bridgehead atoms. The Morgan fingerprint density at radius 2 is 2.11 bits per heavy atom. The molecule has 1 saturated heterocycles. The molecule has 1 aliphatic rings. The van der Waals surface area contributed by atoms with Crippen LogP contribution in [0.15, 0.2) is 24.5 Å². The van der Waals surface area contributed by atoms with Crippen molar-refractivity contribution in [3.63, 3.8) is 0 Å². The van der Waals surface area contributed by atoms with E-state index in [1.807, 2.05) is 24.1 Å². The first-order valence-corrected chi connectivity index (χ1v) is 6.39. The molecule has 98 valence electrons. The van der Waals surface area contributed by atoms with E-state index in [2.05, 4.69) is 24.1 Å². The zero-order valence-electron chi connectivity index (χ0n) is 11.3. The molecule has 0 spiro atoms. The molecule has 4 nitrogen and oxygen atoms in total. The van der Waals surface area contributed by atoms with Gasteiger partial charge >= 0.3 is 0 Å². The van der Waals surface area contributed by atoms with Crippen LogP contribution in [-0.4, -0.2) is 34.9 Å². The standard InChI is InChI=1S/C14H21N3O/c1-14(2)12(9-15-3)8-13(18)17(14)10-11-4-6-16-7-5-11/h4-7,12,15H,8-10H2,1-3H3. The molecule has 1 aromatic rings. The van der Waals surface area contributed by atoms with E-state index in [0.717, 1.165) is 12.1 Å². The first-order valence-electron chi connectivity index (χ1n) is 6.39.